The van der Waals surface area contributed by atoms with E-state index in [1.807, 2.05) is 11.8 Å². The molecule has 1 fully saturated rings. The van der Waals surface area contributed by atoms with Gasteiger partial charge in [0.05, 0.1) is 31.9 Å². The monoisotopic (exact) mass is 299 g/mol. The molecule has 2 nitrogen and oxygen atoms in total. The van der Waals surface area contributed by atoms with Crippen LogP contribution < -0.4 is 10.2 Å². The highest BCUT2D eigenvalue weighted by Gasteiger charge is 2.16. The van der Waals surface area contributed by atoms with E-state index in [4.69, 9.17) is 0 Å². The Kier molecular flexibility index (Phi) is 4.51. The Hall–Kier alpha value is -1.45. The second-order valence-corrected chi connectivity index (χ2v) is 6.78. The fourth-order valence-corrected chi connectivity index (χ4v) is 3.77. The normalized spacial score (nSPS) is 15.2. The molecule has 0 amide bonds. The lowest BCUT2D eigenvalue weighted by Crippen LogP contribution is -2.89. The number of nitrogens with zero attached hydrogens (tertiary/aromatic N) is 1. The van der Waals surface area contributed by atoms with Crippen LogP contribution in [0.15, 0.2) is 52.3 Å². The van der Waals surface area contributed by atoms with E-state index in [2.05, 4.69) is 66.5 Å². The molecule has 0 unspecified atom stereocenters. The molecule has 2 N–H and O–H groups in total. The quantitative estimate of drug-likeness (QED) is 0.940. The zero-order valence-corrected chi connectivity index (χ0v) is 13.6. The molecule has 0 aromatic heterocycles. The first kappa shape index (κ1) is 14.5. The predicted molar refractivity (Wildman–Crippen MR) is 90.4 cm³/mol. The minimum atomic E-state index is 1.14. The van der Waals surface area contributed by atoms with Crippen LogP contribution in [0.25, 0.3) is 0 Å². The van der Waals surface area contributed by atoms with Crippen molar-refractivity contribution in [2.75, 3.05) is 31.1 Å². The highest BCUT2D eigenvalue weighted by atomic mass is 32.2. The van der Waals surface area contributed by atoms with Gasteiger partial charge < -0.3 is 10.2 Å². The predicted octanol–water partition coefficient (Wildman–Crippen LogP) is 2.84. The third-order valence-electron chi connectivity index (χ3n) is 4.12. The number of rotatable bonds is 3. The lowest BCUT2D eigenvalue weighted by Gasteiger charge is -2.29. The molecule has 3 heteroatoms. The van der Waals surface area contributed by atoms with E-state index in [1.54, 1.807) is 0 Å². The Morgan fingerprint density at radius 1 is 0.952 bits per heavy atom. The Balaban J connectivity index is 1.86. The number of para-hydroxylation sites is 1. The van der Waals surface area contributed by atoms with Crippen molar-refractivity contribution in [3.8, 4) is 0 Å². The van der Waals surface area contributed by atoms with Gasteiger partial charge in [-0.1, -0.05) is 30.0 Å². The van der Waals surface area contributed by atoms with Crippen LogP contribution in [-0.2, 0) is 0 Å². The zero-order chi connectivity index (χ0) is 14.7. The van der Waals surface area contributed by atoms with Crippen molar-refractivity contribution in [1.82, 2.24) is 0 Å². The molecule has 110 valence electrons. The summed E-state index contributed by atoms with van der Waals surface area (Å²) < 4.78 is 0. The molecule has 0 aliphatic carbocycles. The van der Waals surface area contributed by atoms with Gasteiger partial charge in [-0.05, 0) is 49.2 Å². The Bertz CT molecular complexity index is 618. The molecule has 0 atom stereocenters. The molecule has 1 aliphatic rings. The lowest BCUT2D eigenvalue weighted by molar-refractivity contribution is -0.655. The van der Waals surface area contributed by atoms with Gasteiger partial charge in [0, 0.05) is 9.79 Å². The second kappa shape index (κ2) is 6.54. The molecule has 2 aromatic carbocycles. The summed E-state index contributed by atoms with van der Waals surface area (Å²) in [5.74, 6) is 0. The fourth-order valence-electron chi connectivity index (χ4n) is 2.70. The number of quaternary nitrogens is 1. The third kappa shape index (κ3) is 3.42. The SMILES string of the molecule is Cc1ccc(Sc2ccccc2N2CC[NH2+]CC2)cc1C. The number of hydrogen-bond donors (Lipinski definition) is 1. The summed E-state index contributed by atoms with van der Waals surface area (Å²) in [6, 6.07) is 15.5. The number of aryl methyl sites for hydroxylation is 2. The van der Waals surface area contributed by atoms with Crippen LogP contribution in [0.4, 0.5) is 5.69 Å². The van der Waals surface area contributed by atoms with Gasteiger partial charge in [-0.25, -0.2) is 0 Å². The van der Waals surface area contributed by atoms with Gasteiger partial charge in [0.1, 0.15) is 0 Å². The molecule has 1 saturated heterocycles. The Labute approximate surface area is 131 Å². The number of hydrogen-bond acceptors (Lipinski definition) is 2. The minimum Gasteiger partial charge on any atom is -0.359 e. The Morgan fingerprint density at radius 2 is 1.71 bits per heavy atom. The number of nitrogens with two attached hydrogens (primary N) is 1. The van der Waals surface area contributed by atoms with Crippen molar-refractivity contribution in [2.24, 2.45) is 0 Å². The average Bonchev–Trinajstić information content (AvgIpc) is 2.52. The molecule has 21 heavy (non-hydrogen) atoms. The van der Waals surface area contributed by atoms with E-state index in [-0.39, 0.29) is 0 Å². The van der Waals surface area contributed by atoms with Crippen molar-refractivity contribution in [3.05, 3.63) is 53.6 Å². The van der Waals surface area contributed by atoms with Crippen LogP contribution in [0.1, 0.15) is 11.1 Å². The van der Waals surface area contributed by atoms with E-state index in [0.29, 0.717) is 0 Å². The molecule has 0 saturated carbocycles. The smallest absolute Gasteiger partial charge is 0.0934 e. The van der Waals surface area contributed by atoms with Gasteiger partial charge in [-0.15, -0.1) is 0 Å². The van der Waals surface area contributed by atoms with Gasteiger partial charge in [-0.2, -0.15) is 0 Å². The largest absolute Gasteiger partial charge is 0.359 e. The first-order valence-electron chi connectivity index (χ1n) is 7.65. The zero-order valence-electron chi connectivity index (χ0n) is 12.8. The standard InChI is InChI=1S/C18H22N2S/c1-14-7-8-16(13-15(14)2)21-18-6-4-3-5-17(18)20-11-9-19-10-12-20/h3-8,13,19H,9-12H2,1-2H3/p+1. The van der Waals surface area contributed by atoms with E-state index in [9.17, 15) is 0 Å². The summed E-state index contributed by atoms with van der Waals surface area (Å²) in [6.45, 7) is 9.04. The van der Waals surface area contributed by atoms with Gasteiger partial charge in [0.15, 0.2) is 0 Å². The maximum atomic E-state index is 2.52. The van der Waals surface area contributed by atoms with Crippen LogP contribution in [0, 0.1) is 13.8 Å². The summed E-state index contributed by atoms with van der Waals surface area (Å²) in [4.78, 5) is 5.21. The highest BCUT2D eigenvalue weighted by Crippen LogP contribution is 2.35. The first-order valence-corrected chi connectivity index (χ1v) is 8.46. The number of benzene rings is 2. The van der Waals surface area contributed by atoms with Crippen LogP contribution in [0.5, 0.6) is 0 Å². The summed E-state index contributed by atoms with van der Waals surface area (Å²) >= 11 is 1.88. The maximum absolute atomic E-state index is 2.52. The van der Waals surface area contributed by atoms with E-state index in [0.717, 1.165) is 13.1 Å². The topological polar surface area (TPSA) is 19.9 Å². The fraction of sp³-hybridized carbons (Fsp3) is 0.333. The van der Waals surface area contributed by atoms with Crippen molar-refractivity contribution in [1.29, 1.82) is 0 Å². The summed E-state index contributed by atoms with van der Waals surface area (Å²) in [5, 5.41) is 2.40. The van der Waals surface area contributed by atoms with Crippen LogP contribution in [-0.4, -0.2) is 26.2 Å². The van der Waals surface area contributed by atoms with Gasteiger partial charge in [-0.3, -0.25) is 0 Å². The van der Waals surface area contributed by atoms with Gasteiger partial charge in [0.25, 0.3) is 0 Å². The van der Waals surface area contributed by atoms with Gasteiger partial charge >= 0.3 is 0 Å². The van der Waals surface area contributed by atoms with Crippen LogP contribution in [0.3, 0.4) is 0 Å². The maximum Gasteiger partial charge on any atom is 0.0934 e. The number of anilines is 1. The first-order chi connectivity index (χ1) is 10.2. The van der Waals surface area contributed by atoms with Crippen molar-refractivity contribution < 1.29 is 5.32 Å². The van der Waals surface area contributed by atoms with Crippen molar-refractivity contribution >= 4 is 17.4 Å². The molecular weight excluding hydrogens is 276 g/mol. The summed E-state index contributed by atoms with van der Waals surface area (Å²) in [5.41, 5.74) is 4.11. The second-order valence-electron chi connectivity index (χ2n) is 5.67. The molecule has 0 radical (unpaired) electrons. The molecule has 1 aliphatic heterocycles. The molecule has 0 spiro atoms. The number of piperazine rings is 1. The van der Waals surface area contributed by atoms with E-state index in [1.165, 1.54) is 39.7 Å². The van der Waals surface area contributed by atoms with Gasteiger partial charge in [0.2, 0.25) is 0 Å². The van der Waals surface area contributed by atoms with Crippen molar-refractivity contribution in [3.63, 3.8) is 0 Å². The molecule has 2 aromatic rings. The summed E-state index contributed by atoms with van der Waals surface area (Å²) in [7, 11) is 0. The van der Waals surface area contributed by atoms with Crippen molar-refractivity contribution in [2.45, 2.75) is 23.6 Å². The van der Waals surface area contributed by atoms with Crippen LogP contribution >= 0.6 is 11.8 Å². The summed E-state index contributed by atoms with van der Waals surface area (Å²) in [6.07, 6.45) is 0. The Morgan fingerprint density at radius 3 is 2.48 bits per heavy atom. The van der Waals surface area contributed by atoms with Crippen LogP contribution in [0.2, 0.25) is 0 Å². The molecular formula is C18H23N2S+. The minimum absolute atomic E-state index is 1.14. The average molecular weight is 299 g/mol. The third-order valence-corrected chi connectivity index (χ3v) is 5.17. The molecule has 0 bridgehead atoms. The van der Waals surface area contributed by atoms with E-state index >= 15 is 0 Å². The lowest BCUT2D eigenvalue weighted by atomic mass is 10.1. The molecule has 1 heterocycles. The van der Waals surface area contributed by atoms with E-state index < -0.39 is 0 Å². The molecule has 3 rings (SSSR count). The highest BCUT2D eigenvalue weighted by molar-refractivity contribution is 7.99.